The van der Waals surface area contributed by atoms with E-state index in [1.165, 1.54) is 18.2 Å². The van der Waals surface area contributed by atoms with Crippen LogP contribution in [0.25, 0.3) is 0 Å². The summed E-state index contributed by atoms with van der Waals surface area (Å²) in [4.78, 5) is 25.5. The monoisotopic (exact) mass is 396 g/mol. The number of carboxylic acid groups (broad SMARTS) is 1. The average Bonchev–Trinajstić information content (AvgIpc) is 3.17. The Balaban J connectivity index is 1.79. The van der Waals surface area contributed by atoms with Crippen molar-refractivity contribution in [3.8, 4) is 0 Å². The molecule has 0 aromatic carbocycles. The van der Waals surface area contributed by atoms with Crippen LogP contribution < -0.4 is 0 Å². The molecule has 0 atom stereocenters. The highest BCUT2D eigenvalue weighted by molar-refractivity contribution is 7.89. The molecule has 148 valence electrons. The Bertz CT molecular complexity index is 920. The molecule has 1 amide bonds. The molecule has 3 rings (SSSR count). The first-order valence-electron chi connectivity index (χ1n) is 8.96. The molecule has 1 aliphatic heterocycles. The number of aryl methyl sites for hydroxylation is 2. The molecule has 1 fully saturated rings. The van der Waals surface area contributed by atoms with E-state index < -0.39 is 16.0 Å². The largest absolute Gasteiger partial charge is 0.478 e. The predicted octanol–water partition coefficient (Wildman–Crippen LogP) is 1.93. The van der Waals surface area contributed by atoms with Crippen molar-refractivity contribution in [2.75, 3.05) is 26.2 Å². The molecule has 8 nitrogen and oxygen atoms in total. The van der Waals surface area contributed by atoms with Gasteiger partial charge < -0.3 is 14.4 Å². The Morgan fingerprint density at radius 3 is 2.15 bits per heavy atom. The minimum Gasteiger partial charge on any atom is -0.478 e. The molecule has 0 spiro atoms. The maximum absolute atomic E-state index is 13.0. The zero-order valence-corrected chi connectivity index (χ0v) is 16.6. The summed E-state index contributed by atoms with van der Waals surface area (Å²) in [6, 6.07) is 0. The number of furan rings is 1. The standard InChI is InChI=1S/C18H24N2O6S/c1-11-5-4-6-14(11)17(21)19-7-9-20(10-8-19)27(24,25)16-13(3)26-12(2)15(16)18(22)23/h4-10H2,1-3H3,(H,22,23). The van der Waals surface area contributed by atoms with Gasteiger partial charge in [0.2, 0.25) is 15.9 Å². The molecule has 9 heteroatoms. The highest BCUT2D eigenvalue weighted by Crippen LogP contribution is 2.31. The molecule has 1 saturated heterocycles. The van der Waals surface area contributed by atoms with E-state index in [-0.39, 0.29) is 54.1 Å². The van der Waals surface area contributed by atoms with Gasteiger partial charge in [-0.3, -0.25) is 4.79 Å². The summed E-state index contributed by atoms with van der Waals surface area (Å²) in [7, 11) is -4.02. The molecule has 2 heterocycles. The second-order valence-corrected chi connectivity index (χ2v) is 8.91. The Kier molecular flexibility index (Phi) is 5.18. The number of carbonyl (C=O) groups excluding carboxylic acids is 1. The first-order valence-corrected chi connectivity index (χ1v) is 10.4. The number of allylic oxidation sites excluding steroid dienone is 1. The van der Waals surface area contributed by atoms with Gasteiger partial charge in [0.05, 0.1) is 0 Å². The summed E-state index contributed by atoms with van der Waals surface area (Å²) in [5, 5.41) is 9.38. The van der Waals surface area contributed by atoms with Gasteiger partial charge in [0.25, 0.3) is 0 Å². The van der Waals surface area contributed by atoms with Crippen molar-refractivity contribution < 1.29 is 27.5 Å². The quantitative estimate of drug-likeness (QED) is 0.833. The fourth-order valence-electron chi connectivity index (χ4n) is 3.86. The van der Waals surface area contributed by atoms with Crippen molar-refractivity contribution in [3.63, 3.8) is 0 Å². The molecular weight excluding hydrogens is 372 g/mol. The van der Waals surface area contributed by atoms with Gasteiger partial charge in [-0.25, -0.2) is 13.2 Å². The van der Waals surface area contributed by atoms with Crippen molar-refractivity contribution >= 4 is 21.9 Å². The lowest BCUT2D eigenvalue weighted by Gasteiger charge is -2.34. The number of hydrogen-bond acceptors (Lipinski definition) is 5. The number of sulfonamides is 1. The van der Waals surface area contributed by atoms with Crippen LogP contribution in [0.1, 0.15) is 48.1 Å². The fraction of sp³-hybridized carbons (Fsp3) is 0.556. The molecule has 2 aliphatic rings. The molecule has 0 unspecified atom stereocenters. The summed E-state index contributed by atoms with van der Waals surface area (Å²) in [5.41, 5.74) is 1.64. The third-order valence-electron chi connectivity index (χ3n) is 5.29. The van der Waals surface area contributed by atoms with Gasteiger partial charge in [0.15, 0.2) is 0 Å². The first kappa shape index (κ1) is 19.6. The SMILES string of the molecule is CC1=C(C(=O)N2CCN(S(=O)(=O)c3c(C)oc(C)c3C(=O)O)CC2)CCC1. The maximum Gasteiger partial charge on any atom is 0.340 e. The second kappa shape index (κ2) is 7.12. The van der Waals surface area contributed by atoms with Gasteiger partial charge in [-0.05, 0) is 40.0 Å². The first-order chi connectivity index (χ1) is 12.6. The molecule has 0 radical (unpaired) electrons. The normalized spacial score (nSPS) is 19.0. The molecule has 1 aliphatic carbocycles. The van der Waals surface area contributed by atoms with Crippen LogP contribution in [0.4, 0.5) is 0 Å². The lowest BCUT2D eigenvalue weighted by molar-refractivity contribution is -0.128. The number of carbonyl (C=O) groups is 2. The third-order valence-corrected chi connectivity index (χ3v) is 7.35. The van der Waals surface area contributed by atoms with Crippen molar-refractivity contribution in [1.82, 2.24) is 9.21 Å². The average molecular weight is 396 g/mol. The summed E-state index contributed by atoms with van der Waals surface area (Å²) >= 11 is 0. The van der Waals surface area contributed by atoms with Crippen LogP contribution in [0.5, 0.6) is 0 Å². The summed E-state index contributed by atoms with van der Waals surface area (Å²) in [6.07, 6.45) is 2.70. The predicted molar refractivity (Wildman–Crippen MR) is 97.0 cm³/mol. The number of aromatic carboxylic acids is 1. The number of hydrogen-bond donors (Lipinski definition) is 1. The van der Waals surface area contributed by atoms with Crippen LogP contribution in [-0.4, -0.2) is 60.8 Å². The van der Waals surface area contributed by atoms with Crippen LogP contribution >= 0.6 is 0 Å². The van der Waals surface area contributed by atoms with Gasteiger partial charge in [0.1, 0.15) is 22.0 Å². The molecule has 0 bridgehead atoms. The zero-order valence-electron chi connectivity index (χ0n) is 15.7. The van der Waals surface area contributed by atoms with Gasteiger partial charge >= 0.3 is 5.97 Å². The van der Waals surface area contributed by atoms with Gasteiger partial charge in [-0.2, -0.15) is 4.31 Å². The number of carboxylic acids is 1. The summed E-state index contributed by atoms with van der Waals surface area (Å²) in [5.74, 6) is -1.21. The Morgan fingerprint density at radius 2 is 1.63 bits per heavy atom. The van der Waals surface area contributed by atoms with E-state index in [4.69, 9.17) is 4.42 Å². The molecule has 1 N–H and O–H groups in total. The van der Waals surface area contributed by atoms with Crippen molar-refractivity contribution in [1.29, 1.82) is 0 Å². The van der Waals surface area contributed by atoms with Crippen molar-refractivity contribution in [2.45, 2.75) is 44.9 Å². The molecule has 27 heavy (non-hydrogen) atoms. The van der Waals surface area contributed by atoms with Crippen LogP contribution in [-0.2, 0) is 14.8 Å². The zero-order chi connectivity index (χ0) is 19.9. The lowest BCUT2D eigenvalue weighted by Crippen LogP contribution is -2.51. The lowest BCUT2D eigenvalue weighted by atomic mass is 10.1. The van der Waals surface area contributed by atoms with E-state index in [2.05, 4.69) is 0 Å². The Hall–Kier alpha value is -2.13. The number of rotatable bonds is 4. The van der Waals surface area contributed by atoms with Gasteiger partial charge in [-0.1, -0.05) is 5.57 Å². The van der Waals surface area contributed by atoms with Crippen LogP contribution in [0.15, 0.2) is 20.5 Å². The third kappa shape index (κ3) is 3.41. The van der Waals surface area contributed by atoms with Gasteiger partial charge in [-0.15, -0.1) is 0 Å². The maximum atomic E-state index is 13.0. The topological polar surface area (TPSA) is 108 Å². The molecule has 0 saturated carbocycles. The number of piperazine rings is 1. The van der Waals surface area contributed by atoms with E-state index in [1.807, 2.05) is 6.92 Å². The van der Waals surface area contributed by atoms with E-state index in [0.29, 0.717) is 0 Å². The van der Waals surface area contributed by atoms with E-state index >= 15 is 0 Å². The van der Waals surface area contributed by atoms with Gasteiger partial charge in [0, 0.05) is 31.8 Å². The highest BCUT2D eigenvalue weighted by atomic mass is 32.2. The number of nitrogens with zero attached hydrogens (tertiary/aromatic N) is 2. The molecule has 1 aromatic rings. The van der Waals surface area contributed by atoms with Crippen LogP contribution in [0.3, 0.4) is 0 Å². The van der Waals surface area contributed by atoms with Crippen molar-refractivity contribution in [2.24, 2.45) is 0 Å². The van der Waals surface area contributed by atoms with E-state index in [1.54, 1.807) is 4.90 Å². The number of amides is 1. The smallest absolute Gasteiger partial charge is 0.340 e. The van der Waals surface area contributed by atoms with E-state index in [0.717, 1.165) is 30.4 Å². The summed E-state index contributed by atoms with van der Waals surface area (Å²) < 4.78 is 32.5. The highest BCUT2D eigenvalue weighted by Gasteiger charge is 2.37. The van der Waals surface area contributed by atoms with Crippen LogP contribution in [0, 0.1) is 13.8 Å². The Morgan fingerprint density at radius 1 is 1.00 bits per heavy atom. The minimum atomic E-state index is -4.02. The second-order valence-electron chi connectivity index (χ2n) is 7.03. The van der Waals surface area contributed by atoms with Crippen LogP contribution in [0.2, 0.25) is 0 Å². The summed E-state index contributed by atoms with van der Waals surface area (Å²) in [6.45, 7) is 5.68. The molecule has 1 aromatic heterocycles. The molecular formula is C18H24N2O6S. The van der Waals surface area contributed by atoms with Crippen molar-refractivity contribution in [3.05, 3.63) is 28.2 Å². The Labute approximate surface area is 158 Å². The minimum absolute atomic E-state index is 0.0105. The van der Waals surface area contributed by atoms with E-state index in [9.17, 15) is 23.1 Å². The fourth-order valence-corrected chi connectivity index (χ4v) is 5.65.